The fourth-order valence-electron chi connectivity index (χ4n) is 1.37. The van der Waals surface area contributed by atoms with E-state index in [1.54, 1.807) is 11.3 Å². The third-order valence-electron chi connectivity index (χ3n) is 2.18. The third kappa shape index (κ3) is 5.25. The number of hydrogen-bond donors (Lipinski definition) is 2. The largest absolute Gasteiger partial charge is 0.317 e. The molecule has 1 heterocycles. The van der Waals surface area contributed by atoms with E-state index in [0.29, 0.717) is 5.92 Å². The van der Waals surface area contributed by atoms with Crippen LogP contribution in [0, 0.1) is 12.8 Å². The quantitative estimate of drug-likeness (QED) is 0.745. The number of aryl methyl sites for hydroxylation is 1. The maximum absolute atomic E-state index is 4.41. The Balaban J connectivity index is 2.10. The first kappa shape index (κ1) is 12.6. The first-order chi connectivity index (χ1) is 7.22. The average Bonchev–Trinajstić information content (AvgIpc) is 2.61. The van der Waals surface area contributed by atoms with Crippen molar-refractivity contribution in [2.45, 2.75) is 27.3 Å². The Morgan fingerprint density at radius 2 is 2.13 bits per heavy atom. The minimum Gasteiger partial charge on any atom is -0.317 e. The molecule has 1 unspecified atom stereocenters. The van der Waals surface area contributed by atoms with E-state index in [4.69, 9.17) is 0 Å². The van der Waals surface area contributed by atoms with Crippen LogP contribution < -0.4 is 10.6 Å². The summed E-state index contributed by atoms with van der Waals surface area (Å²) in [7, 11) is 0. The molecule has 0 aromatic carbocycles. The maximum atomic E-state index is 4.41. The van der Waals surface area contributed by atoms with E-state index in [1.165, 1.54) is 5.01 Å². The summed E-state index contributed by atoms with van der Waals surface area (Å²) in [4.78, 5) is 4.41. The fraction of sp³-hybridized carbons (Fsp3) is 0.727. The summed E-state index contributed by atoms with van der Waals surface area (Å²) in [6, 6.07) is 0. The van der Waals surface area contributed by atoms with Crippen molar-refractivity contribution < 1.29 is 0 Å². The molecule has 1 aromatic rings. The van der Waals surface area contributed by atoms with Gasteiger partial charge in [0.2, 0.25) is 0 Å². The van der Waals surface area contributed by atoms with Gasteiger partial charge in [-0.15, -0.1) is 11.3 Å². The van der Waals surface area contributed by atoms with Crippen LogP contribution >= 0.6 is 11.3 Å². The van der Waals surface area contributed by atoms with Crippen LogP contribution in [0.5, 0.6) is 0 Å². The molecule has 0 aliphatic heterocycles. The first-order valence-corrected chi connectivity index (χ1v) is 6.42. The number of nitrogens with zero attached hydrogens (tertiary/aromatic N) is 1. The summed E-state index contributed by atoms with van der Waals surface area (Å²) in [6.07, 6.45) is 0. The summed E-state index contributed by atoms with van der Waals surface area (Å²) in [5, 5.41) is 10.1. The summed E-state index contributed by atoms with van der Waals surface area (Å²) in [5.41, 5.74) is 1.12. The predicted molar refractivity (Wildman–Crippen MR) is 66.3 cm³/mol. The van der Waals surface area contributed by atoms with E-state index in [9.17, 15) is 0 Å². The molecule has 1 rings (SSSR count). The number of thiazole rings is 1. The zero-order valence-electron chi connectivity index (χ0n) is 9.84. The molecule has 0 radical (unpaired) electrons. The highest BCUT2D eigenvalue weighted by Gasteiger charge is 2.02. The van der Waals surface area contributed by atoms with Gasteiger partial charge in [0.05, 0.1) is 0 Å². The second-order valence-corrected chi connectivity index (χ2v) is 4.87. The van der Waals surface area contributed by atoms with Crippen LogP contribution in [-0.2, 0) is 6.54 Å². The van der Waals surface area contributed by atoms with Crippen LogP contribution in [0.25, 0.3) is 0 Å². The van der Waals surface area contributed by atoms with Crippen molar-refractivity contribution >= 4 is 11.3 Å². The molecule has 0 bridgehead atoms. The number of rotatable bonds is 7. The lowest BCUT2D eigenvalue weighted by Crippen LogP contribution is -2.29. The van der Waals surface area contributed by atoms with Crippen molar-refractivity contribution in [2.24, 2.45) is 5.92 Å². The van der Waals surface area contributed by atoms with E-state index in [0.717, 1.165) is 31.9 Å². The van der Waals surface area contributed by atoms with Crippen LogP contribution in [0.1, 0.15) is 24.5 Å². The van der Waals surface area contributed by atoms with Crippen LogP contribution in [-0.4, -0.2) is 24.6 Å². The number of aromatic nitrogens is 1. The molecule has 86 valence electrons. The van der Waals surface area contributed by atoms with Crippen molar-refractivity contribution in [3.8, 4) is 0 Å². The summed E-state index contributed by atoms with van der Waals surface area (Å²) >= 11 is 1.73. The molecule has 4 heteroatoms. The molecule has 0 aliphatic carbocycles. The van der Waals surface area contributed by atoms with Crippen LogP contribution in [0.4, 0.5) is 0 Å². The van der Waals surface area contributed by atoms with Gasteiger partial charge in [-0.3, -0.25) is 0 Å². The Bertz CT molecular complexity index is 273. The van der Waals surface area contributed by atoms with Crippen molar-refractivity contribution in [3.63, 3.8) is 0 Å². The molecule has 1 aromatic heterocycles. The molecular weight excluding hydrogens is 206 g/mol. The summed E-state index contributed by atoms with van der Waals surface area (Å²) in [6.45, 7) is 10.5. The molecule has 0 amide bonds. The Morgan fingerprint density at radius 1 is 1.40 bits per heavy atom. The highest BCUT2D eigenvalue weighted by molar-refractivity contribution is 7.09. The third-order valence-corrected chi connectivity index (χ3v) is 3.15. The molecule has 2 N–H and O–H groups in total. The second-order valence-electron chi connectivity index (χ2n) is 3.93. The van der Waals surface area contributed by atoms with Gasteiger partial charge in [0.25, 0.3) is 0 Å². The standard InChI is InChI=1S/C11H21N3S/c1-4-12-5-9(2)6-13-7-11-14-10(3)8-15-11/h8-9,12-13H,4-7H2,1-3H3. The lowest BCUT2D eigenvalue weighted by atomic mass is 10.2. The van der Waals surface area contributed by atoms with Crippen LogP contribution in [0.2, 0.25) is 0 Å². The van der Waals surface area contributed by atoms with Crippen LogP contribution in [0.15, 0.2) is 5.38 Å². The van der Waals surface area contributed by atoms with Gasteiger partial charge in [-0.2, -0.15) is 0 Å². The maximum Gasteiger partial charge on any atom is 0.107 e. The molecule has 3 nitrogen and oxygen atoms in total. The Morgan fingerprint density at radius 3 is 2.73 bits per heavy atom. The van der Waals surface area contributed by atoms with Gasteiger partial charge >= 0.3 is 0 Å². The zero-order valence-corrected chi connectivity index (χ0v) is 10.7. The average molecular weight is 227 g/mol. The smallest absolute Gasteiger partial charge is 0.107 e. The summed E-state index contributed by atoms with van der Waals surface area (Å²) in [5.74, 6) is 0.672. The SMILES string of the molecule is CCNCC(C)CNCc1nc(C)cs1. The molecule has 0 aliphatic rings. The van der Waals surface area contributed by atoms with Gasteiger partial charge in [0.1, 0.15) is 5.01 Å². The van der Waals surface area contributed by atoms with E-state index in [-0.39, 0.29) is 0 Å². The molecule has 1 atom stereocenters. The fourth-order valence-corrected chi connectivity index (χ4v) is 2.11. The van der Waals surface area contributed by atoms with Crippen LogP contribution in [0.3, 0.4) is 0 Å². The van der Waals surface area contributed by atoms with Gasteiger partial charge in [-0.1, -0.05) is 13.8 Å². The van der Waals surface area contributed by atoms with Gasteiger partial charge in [0, 0.05) is 17.6 Å². The summed E-state index contributed by atoms with van der Waals surface area (Å²) < 4.78 is 0. The zero-order chi connectivity index (χ0) is 11.1. The monoisotopic (exact) mass is 227 g/mol. The van der Waals surface area contributed by atoms with E-state index in [2.05, 4.69) is 34.8 Å². The lowest BCUT2D eigenvalue weighted by molar-refractivity contribution is 0.478. The molecule has 0 saturated carbocycles. The van der Waals surface area contributed by atoms with Crippen molar-refractivity contribution in [1.82, 2.24) is 15.6 Å². The topological polar surface area (TPSA) is 37.0 Å². The Labute approximate surface area is 96.3 Å². The number of hydrogen-bond acceptors (Lipinski definition) is 4. The lowest BCUT2D eigenvalue weighted by Gasteiger charge is -2.11. The normalized spacial score (nSPS) is 13.0. The van der Waals surface area contributed by atoms with Gasteiger partial charge in [-0.25, -0.2) is 4.98 Å². The van der Waals surface area contributed by atoms with Gasteiger partial charge < -0.3 is 10.6 Å². The van der Waals surface area contributed by atoms with Crippen molar-refractivity contribution in [2.75, 3.05) is 19.6 Å². The van der Waals surface area contributed by atoms with Crippen molar-refractivity contribution in [1.29, 1.82) is 0 Å². The molecule has 15 heavy (non-hydrogen) atoms. The predicted octanol–water partition coefficient (Wildman–Crippen LogP) is 1.79. The van der Waals surface area contributed by atoms with Gasteiger partial charge in [0.15, 0.2) is 0 Å². The van der Waals surface area contributed by atoms with E-state index in [1.807, 2.05) is 6.92 Å². The molecule has 0 fully saturated rings. The first-order valence-electron chi connectivity index (χ1n) is 5.54. The highest BCUT2D eigenvalue weighted by Crippen LogP contribution is 2.07. The highest BCUT2D eigenvalue weighted by atomic mass is 32.1. The number of nitrogens with one attached hydrogen (secondary N) is 2. The Hall–Kier alpha value is -0.450. The molecular formula is C11H21N3S. The van der Waals surface area contributed by atoms with E-state index < -0.39 is 0 Å². The molecule has 0 saturated heterocycles. The van der Waals surface area contributed by atoms with E-state index >= 15 is 0 Å². The second kappa shape index (κ2) is 6.93. The van der Waals surface area contributed by atoms with Crippen molar-refractivity contribution in [3.05, 3.63) is 16.1 Å². The minimum absolute atomic E-state index is 0.672. The minimum atomic E-state index is 0.672. The van der Waals surface area contributed by atoms with Gasteiger partial charge in [-0.05, 0) is 32.5 Å². The Kier molecular flexibility index (Phi) is 5.83. The molecule has 0 spiro atoms.